The minimum atomic E-state index is -1.62. The second-order valence-corrected chi connectivity index (χ2v) is 13.9. The van der Waals surface area contributed by atoms with E-state index in [9.17, 15) is 38.0 Å². The van der Waals surface area contributed by atoms with E-state index in [1.807, 2.05) is 5.59 Å². The number of hydrogen-bond donors (Lipinski definition) is 8. The molecule has 4 fully saturated rings. The number of nitrogens with one attached hydrogen (secondary N) is 1. The van der Waals surface area contributed by atoms with Crippen molar-refractivity contribution in [3.8, 4) is 0 Å². The standard InChI is InChI=1S/C9H12BrNO3.C9H13NO3.C5H9NO2.C4H7BrO3.C4H5ClO.CH3F.CH4.BHNS.BrH.H3N2O.Na/c1-9(5-10)8(13)11-4-2-3-6(11)7(12)14-9;1-6(2)8(11)10-5-3-4-7(10)9(12)13;7-5(8)4-2-1-3-6-4;1-4(8,2-5)3(6)7;1-3(2)4(5)6;1-2;;1-2-3;;1-2-3;/h6H,2-5H2,1H3;7H,1,3-5H2,2H3,(H,12,13);4,6H,1-3H2,(H,7,8);8H,2H2,1H3,(H,6,7);1H2,2H3;1H3;1H4;3H;1H;3H,1H2;/q;;;;;;;;;-1;+1/t6?,9-;7-;2*4-;;;;;;;/m0110......./s1/i;;;;;1D;;;;;. The Morgan fingerprint density at radius 2 is 1.57 bits per heavy atom. The van der Waals surface area contributed by atoms with Crippen molar-refractivity contribution in [3.05, 3.63) is 29.9 Å². The maximum atomic E-state index is 11.9. The second kappa shape index (κ2) is 40.4. The number of hydrogen-bond acceptors (Lipinski definition) is 14. The average Bonchev–Trinajstić information content (AvgIpc) is 3.95. The Hall–Kier alpha value is -1.36. The van der Waals surface area contributed by atoms with E-state index in [0.717, 1.165) is 38.6 Å². The van der Waals surface area contributed by atoms with Gasteiger partial charge in [0.2, 0.25) is 11.1 Å². The van der Waals surface area contributed by atoms with Crippen molar-refractivity contribution < 1.29 is 99.3 Å². The van der Waals surface area contributed by atoms with Crippen LogP contribution in [0.1, 0.15) is 75.0 Å². The van der Waals surface area contributed by atoms with Crippen LogP contribution in [0, 0.1) is 0 Å². The van der Waals surface area contributed by atoms with Gasteiger partial charge in [-0.3, -0.25) is 23.6 Å². The van der Waals surface area contributed by atoms with Gasteiger partial charge in [-0.1, -0.05) is 52.4 Å². The molecule has 4 rings (SSSR count). The van der Waals surface area contributed by atoms with Crippen molar-refractivity contribution in [2.75, 3.05) is 37.4 Å². The molecule has 0 spiro atoms. The predicted octanol–water partition coefficient (Wildman–Crippen LogP) is 1.30. The summed E-state index contributed by atoms with van der Waals surface area (Å²) >= 11 is 14.1. The number of thiol groups is 1. The first kappa shape index (κ1) is 70.3. The monoisotopic (exact) mass is 1100 g/mol. The molecule has 0 aromatic carbocycles. The summed E-state index contributed by atoms with van der Waals surface area (Å²) in [5, 5.41) is 43.8. The normalized spacial score (nSPS) is 21.0. The first-order chi connectivity index (χ1) is 26.8. The van der Waals surface area contributed by atoms with Crippen LogP contribution in [0.4, 0.5) is 4.39 Å². The molecule has 19 nitrogen and oxygen atoms in total. The number of alkyl halides is 3. The van der Waals surface area contributed by atoms with Gasteiger partial charge in [-0.2, -0.15) is 0 Å². The number of aliphatic hydroxyl groups is 1. The van der Waals surface area contributed by atoms with E-state index in [-0.39, 0.29) is 89.2 Å². The number of aliphatic carboxylic acids is 3. The van der Waals surface area contributed by atoms with Crippen LogP contribution in [0.25, 0.3) is 5.59 Å². The van der Waals surface area contributed by atoms with Crippen LogP contribution in [-0.2, 0) is 38.3 Å². The zero-order valence-corrected chi connectivity index (χ0v) is 42.0. The molecule has 2 amide bonds. The Morgan fingerprint density at radius 1 is 1.12 bits per heavy atom. The number of carboxylic acid groups (broad SMARTS) is 3. The SMILES string of the molecule is Br.C.C=C(C)C(=O)Cl.C=C(C)C(=O)N1CCC[C@@H]1C(=O)O.C[C@@]1(CBr)OC(=O)C2CCCN2C1=O.C[C@](O)(CBr)C(=O)O.N[N-]O.O=C(O)[C@H]1CCCN1.[2H]CF.[B]=NS.[Na+]. The molecule has 1 radical (unpaired) electrons. The molecule has 343 valence electrons. The molecule has 0 bridgehead atoms. The maximum Gasteiger partial charge on any atom is 1.00 e. The van der Waals surface area contributed by atoms with E-state index in [0.29, 0.717) is 36.0 Å². The Labute approximate surface area is 413 Å². The molecule has 4 aliphatic rings. The number of rotatable bonds is 7. The fourth-order valence-electron chi connectivity index (χ4n) is 4.44. The van der Waals surface area contributed by atoms with E-state index >= 15 is 0 Å². The van der Waals surface area contributed by atoms with Crippen LogP contribution in [0.3, 0.4) is 0 Å². The van der Waals surface area contributed by atoms with Crippen molar-refractivity contribution in [3.63, 3.8) is 0 Å². The first-order valence-electron chi connectivity index (χ1n) is 17.1. The number of carboxylic acids is 3. The molecule has 4 heterocycles. The zero-order valence-electron chi connectivity index (χ0n) is 34.4. The number of halogens is 5. The number of carbonyl (C=O) groups excluding carboxylic acids is 4. The first-order valence-corrected chi connectivity index (χ1v) is 19.4. The molecule has 0 aromatic rings. The largest absolute Gasteiger partial charge is 1.00 e. The van der Waals surface area contributed by atoms with Gasteiger partial charge in [-0.25, -0.2) is 14.4 Å². The van der Waals surface area contributed by atoms with Gasteiger partial charge in [-0.15, -0.1) is 17.0 Å². The molecule has 4 aliphatic heterocycles. The number of nitrogens with zero attached hydrogens (tertiary/aromatic N) is 4. The van der Waals surface area contributed by atoms with Gasteiger partial charge in [0.05, 0.1) is 13.9 Å². The third-order valence-corrected chi connectivity index (χ3v) is 9.88. The van der Waals surface area contributed by atoms with Crippen molar-refractivity contribution in [2.24, 2.45) is 10.1 Å². The second-order valence-electron chi connectivity index (χ2n) is 12.2. The summed E-state index contributed by atoms with van der Waals surface area (Å²) in [6, 6.07) is -1.24. The molecule has 4 saturated heterocycles. The Kier molecular flexibility index (Phi) is 47.4. The van der Waals surface area contributed by atoms with Crippen molar-refractivity contribution >= 4 is 122 Å². The van der Waals surface area contributed by atoms with E-state index in [1.54, 1.807) is 25.7 Å². The molecule has 5 atom stereocenters. The summed E-state index contributed by atoms with van der Waals surface area (Å²) in [6.07, 6.45) is 4.73. The van der Waals surface area contributed by atoms with E-state index in [2.05, 4.69) is 80.9 Å². The van der Waals surface area contributed by atoms with Gasteiger partial charge in [0.15, 0.2) is 11.2 Å². The molecule has 27 heteroatoms. The number of nitrogens with two attached hydrogens (primary N) is 1. The molecule has 1 unspecified atom stereocenters. The van der Waals surface area contributed by atoms with E-state index in [1.165, 1.54) is 11.8 Å². The third-order valence-electron chi connectivity index (χ3n) is 7.40. The summed E-state index contributed by atoms with van der Waals surface area (Å²) in [5.74, 6) is 0.592. The van der Waals surface area contributed by atoms with Crippen molar-refractivity contribution in [2.45, 2.75) is 103 Å². The third kappa shape index (κ3) is 29.9. The number of cyclic esters (lactones) is 1. The van der Waals surface area contributed by atoms with Crippen LogP contribution < -0.4 is 40.7 Å². The minimum Gasteiger partial charge on any atom is 1.00 e. The van der Waals surface area contributed by atoms with Gasteiger partial charge in [0.25, 0.3) is 5.91 Å². The smallest absolute Gasteiger partial charge is 1.00 e. The van der Waals surface area contributed by atoms with Crippen LogP contribution in [0.15, 0.2) is 28.6 Å². The van der Waals surface area contributed by atoms with Gasteiger partial charge in [-0.05, 0) is 84.4 Å². The number of amides is 2. The molecule has 0 aromatic heterocycles. The average molecular weight is 1110 g/mol. The zero-order chi connectivity index (χ0) is 46.4. The molecular weight excluding hydrogens is 1050 g/mol. The Bertz CT molecular complexity index is 1380. The number of morpholine rings is 1. The summed E-state index contributed by atoms with van der Waals surface area (Å²) < 4.78 is 23.4. The van der Waals surface area contributed by atoms with Gasteiger partial charge in [0, 0.05) is 29.6 Å². The molecule has 0 saturated carbocycles. The van der Waals surface area contributed by atoms with Crippen LogP contribution in [0.2, 0.25) is 0 Å². The topological polar surface area (TPSA) is 301 Å². The minimum absolute atomic E-state index is 0. The number of carbonyl (C=O) groups is 7. The number of likely N-dealkylation sites (tertiary alicyclic amines) is 1. The fourth-order valence-corrected chi connectivity index (χ4v) is 5.04. The maximum absolute atomic E-state index is 11.9. The van der Waals surface area contributed by atoms with Crippen molar-refractivity contribution in [1.29, 1.82) is 0 Å². The summed E-state index contributed by atoms with van der Waals surface area (Å²) in [5.41, 5.74) is 0.155. The molecule has 0 aliphatic carbocycles. The molecule has 60 heavy (non-hydrogen) atoms. The summed E-state index contributed by atoms with van der Waals surface area (Å²) in [7, 11) is 3.34. The fraction of sp³-hybridized carbons (Fsp3) is 0.667. The summed E-state index contributed by atoms with van der Waals surface area (Å²) in [4.78, 5) is 78.6. The van der Waals surface area contributed by atoms with Gasteiger partial charge >= 0.3 is 78.2 Å². The van der Waals surface area contributed by atoms with E-state index < -0.39 is 47.5 Å². The number of esters is 1. The summed E-state index contributed by atoms with van der Waals surface area (Å²) in [6.45, 7) is 14.9. The van der Waals surface area contributed by atoms with Crippen molar-refractivity contribution in [1.82, 2.24) is 15.1 Å². The van der Waals surface area contributed by atoms with Crippen LogP contribution >= 0.6 is 73.3 Å². The molecule has 8 N–H and O–H groups in total. The Morgan fingerprint density at radius 3 is 1.85 bits per heavy atom. The Balaban J connectivity index is -0.000000115. The van der Waals surface area contributed by atoms with Gasteiger partial charge < -0.3 is 56.9 Å². The molecular formula is C33H58BBr3ClFN6NaO13S. The van der Waals surface area contributed by atoms with E-state index in [4.69, 9.17) is 43.3 Å². The predicted molar refractivity (Wildman–Crippen MR) is 237 cm³/mol. The number of ether oxygens (including phenoxy) is 1. The number of allylic oxidation sites excluding steroid dienone is 1. The quantitative estimate of drug-likeness (QED) is 0.0261. The number of fused-ring (bicyclic) bond motifs is 1. The van der Waals surface area contributed by atoms with Gasteiger partial charge in [0.1, 0.15) is 18.1 Å². The van der Waals surface area contributed by atoms with Crippen LogP contribution in [-0.4, -0.2) is 151 Å². The van der Waals surface area contributed by atoms with Crippen LogP contribution in [0.5, 0.6) is 0 Å².